The Bertz CT molecular complexity index is 791. The molecule has 0 aliphatic heterocycles. The fourth-order valence-electron chi connectivity index (χ4n) is 2.91. The van der Waals surface area contributed by atoms with E-state index in [2.05, 4.69) is 15.6 Å². The lowest BCUT2D eigenvalue weighted by Crippen LogP contribution is -2.30. The fraction of sp³-hybridized carbons (Fsp3) is 0.333. The molecule has 1 aliphatic carbocycles. The van der Waals surface area contributed by atoms with Crippen LogP contribution < -0.4 is 10.6 Å². The minimum absolute atomic E-state index is 0.0849. The third-order valence-electron chi connectivity index (χ3n) is 4.31. The number of anilines is 1. The van der Waals surface area contributed by atoms with Gasteiger partial charge >= 0.3 is 12.2 Å². The molecule has 0 bridgehead atoms. The quantitative estimate of drug-likeness (QED) is 0.782. The van der Waals surface area contributed by atoms with E-state index in [-0.39, 0.29) is 6.54 Å². The second-order valence-electron chi connectivity index (χ2n) is 6.20. The number of urea groups is 1. The standard InChI is InChI=1S/C18H18F3N3O2/c19-18(20,21)13-4-1-11(2-5-13)10-23-17(26)24-16-15-9-14(25)6-3-12(15)7-8-22-16/h1-2,4-5,7-8,14,25H,3,6,9-10H2,(H2,22,23,24,26). The van der Waals surface area contributed by atoms with Crippen LogP contribution in [-0.4, -0.2) is 22.2 Å². The molecule has 5 nitrogen and oxygen atoms in total. The third-order valence-corrected chi connectivity index (χ3v) is 4.31. The molecule has 3 N–H and O–H groups in total. The Morgan fingerprint density at radius 3 is 2.65 bits per heavy atom. The monoisotopic (exact) mass is 365 g/mol. The summed E-state index contributed by atoms with van der Waals surface area (Å²) in [4.78, 5) is 16.2. The van der Waals surface area contributed by atoms with Gasteiger partial charge in [-0.15, -0.1) is 0 Å². The number of hydrogen-bond donors (Lipinski definition) is 3. The van der Waals surface area contributed by atoms with E-state index < -0.39 is 23.9 Å². The largest absolute Gasteiger partial charge is 0.416 e. The summed E-state index contributed by atoms with van der Waals surface area (Å²) in [5, 5.41) is 15.0. The number of nitrogens with one attached hydrogen (secondary N) is 2. The van der Waals surface area contributed by atoms with Crippen LogP contribution in [0.1, 0.15) is 28.7 Å². The normalized spacial score (nSPS) is 16.7. The molecule has 1 aliphatic rings. The Hall–Kier alpha value is -2.61. The number of carbonyl (C=O) groups is 1. The van der Waals surface area contributed by atoms with Gasteiger partial charge in [-0.1, -0.05) is 12.1 Å². The molecule has 0 fully saturated rings. The lowest BCUT2D eigenvalue weighted by molar-refractivity contribution is -0.137. The Kier molecular flexibility index (Phi) is 5.13. The molecule has 1 atom stereocenters. The van der Waals surface area contributed by atoms with Crippen molar-refractivity contribution in [3.63, 3.8) is 0 Å². The predicted molar refractivity (Wildman–Crippen MR) is 89.6 cm³/mol. The zero-order chi connectivity index (χ0) is 18.7. The molecule has 2 aromatic rings. The molecule has 2 amide bonds. The lowest BCUT2D eigenvalue weighted by Gasteiger charge is -2.22. The van der Waals surface area contributed by atoms with Crippen LogP contribution in [0.4, 0.5) is 23.8 Å². The number of aliphatic hydroxyl groups excluding tert-OH is 1. The van der Waals surface area contributed by atoms with Crippen LogP contribution in [-0.2, 0) is 25.6 Å². The van der Waals surface area contributed by atoms with Gasteiger partial charge in [0.15, 0.2) is 0 Å². The van der Waals surface area contributed by atoms with Crippen molar-refractivity contribution < 1.29 is 23.1 Å². The van der Waals surface area contributed by atoms with Gasteiger partial charge in [0.2, 0.25) is 0 Å². The second-order valence-corrected chi connectivity index (χ2v) is 6.20. The lowest BCUT2D eigenvalue weighted by atomic mass is 9.90. The van der Waals surface area contributed by atoms with Crippen LogP contribution >= 0.6 is 0 Å². The Morgan fingerprint density at radius 2 is 1.96 bits per heavy atom. The van der Waals surface area contributed by atoms with Gasteiger partial charge in [0.05, 0.1) is 11.7 Å². The van der Waals surface area contributed by atoms with Crippen LogP contribution in [0.25, 0.3) is 0 Å². The number of hydrogen-bond acceptors (Lipinski definition) is 3. The van der Waals surface area contributed by atoms with Gasteiger partial charge < -0.3 is 10.4 Å². The zero-order valence-corrected chi connectivity index (χ0v) is 13.8. The second kappa shape index (κ2) is 7.33. The Balaban J connectivity index is 1.60. The van der Waals surface area contributed by atoms with E-state index >= 15 is 0 Å². The number of rotatable bonds is 3. The number of nitrogens with zero attached hydrogens (tertiary/aromatic N) is 1. The van der Waals surface area contributed by atoms with Crippen molar-refractivity contribution in [3.05, 3.63) is 58.8 Å². The van der Waals surface area contributed by atoms with Gasteiger partial charge in [0.1, 0.15) is 5.82 Å². The summed E-state index contributed by atoms with van der Waals surface area (Å²) in [5.41, 5.74) is 1.68. The molecule has 138 valence electrons. The van der Waals surface area contributed by atoms with Crippen molar-refractivity contribution >= 4 is 11.8 Å². The van der Waals surface area contributed by atoms with E-state index in [4.69, 9.17) is 0 Å². The van der Waals surface area contributed by atoms with Crippen molar-refractivity contribution in [2.45, 2.75) is 38.1 Å². The number of aryl methyl sites for hydroxylation is 1. The van der Waals surface area contributed by atoms with Gasteiger partial charge in [-0.25, -0.2) is 9.78 Å². The molecule has 1 heterocycles. The minimum atomic E-state index is -4.38. The topological polar surface area (TPSA) is 74.2 Å². The number of aliphatic hydroxyl groups is 1. The van der Waals surface area contributed by atoms with Crippen molar-refractivity contribution in [2.24, 2.45) is 0 Å². The van der Waals surface area contributed by atoms with Crippen LogP contribution in [0.15, 0.2) is 36.5 Å². The Morgan fingerprint density at radius 1 is 1.23 bits per heavy atom. The first-order valence-electron chi connectivity index (χ1n) is 8.19. The first kappa shape index (κ1) is 18.2. The highest BCUT2D eigenvalue weighted by molar-refractivity contribution is 5.89. The number of alkyl halides is 3. The minimum Gasteiger partial charge on any atom is -0.393 e. The summed E-state index contributed by atoms with van der Waals surface area (Å²) in [7, 11) is 0. The third kappa shape index (κ3) is 4.32. The van der Waals surface area contributed by atoms with E-state index in [1.165, 1.54) is 12.1 Å². The van der Waals surface area contributed by atoms with E-state index in [9.17, 15) is 23.1 Å². The average Bonchev–Trinajstić information content (AvgIpc) is 2.60. The van der Waals surface area contributed by atoms with Gasteiger partial charge in [0.25, 0.3) is 0 Å². The molecule has 1 aromatic heterocycles. The smallest absolute Gasteiger partial charge is 0.393 e. The number of amides is 2. The average molecular weight is 365 g/mol. The maximum Gasteiger partial charge on any atom is 0.416 e. The summed E-state index contributed by atoms with van der Waals surface area (Å²) < 4.78 is 37.6. The van der Waals surface area contributed by atoms with Crippen molar-refractivity contribution in [2.75, 3.05) is 5.32 Å². The van der Waals surface area contributed by atoms with Gasteiger partial charge in [-0.2, -0.15) is 13.2 Å². The number of aromatic nitrogens is 1. The number of fused-ring (bicyclic) bond motifs is 1. The van der Waals surface area contributed by atoms with Crippen molar-refractivity contribution in [1.82, 2.24) is 10.3 Å². The molecule has 0 saturated carbocycles. The Labute approximate surface area is 148 Å². The molecule has 3 rings (SSSR count). The SMILES string of the molecule is O=C(NCc1ccc(C(F)(F)F)cc1)Nc1nccc2c1CC(O)CC2. The zero-order valence-electron chi connectivity index (χ0n) is 13.8. The maximum atomic E-state index is 12.5. The summed E-state index contributed by atoms with van der Waals surface area (Å²) in [5.74, 6) is 0.395. The number of halogens is 3. The molecule has 1 unspecified atom stereocenters. The molecule has 0 saturated heterocycles. The van der Waals surface area contributed by atoms with Crippen molar-refractivity contribution in [1.29, 1.82) is 0 Å². The molecule has 0 radical (unpaired) electrons. The summed E-state index contributed by atoms with van der Waals surface area (Å²) in [6, 6.07) is 5.96. The van der Waals surface area contributed by atoms with E-state index in [0.29, 0.717) is 24.2 Å². The highest BCUT2D eigenvalue weighted by Crippen LogP contribution is 2.29. The van der Waals surface area contributed by atoms with Gasteiger partial charge in [-0.3, -0.25) is 5.32 Å². The number of benzene rings is 1. The van der Waals surface area contributed by atoms with Crippen LogP contribution in [0, 0.1) is 0 Å². The van der Waals surface area contributed by atoms with Crippen LogP contribution in [0.2, 0.25) is 0 Å². The highest BCUT2D eigenvalue weighted by atomic mass is 19.4. The molecular weight excluding hydrogens is 347 g/mol. The highest BCUT2D eigenvalue weighted by Gasteiger charge is 2.29. The van der Waals surface area contributed by atoms with Crippen LogP contribution in [0.5, 0.6) is 0 Å². The fourth-order valence-corrected chi connectivity index (χ4v) is 2.91. The first-order valence-corrected chi connectivity index (χ1v) is 8.19. The molecule has 26 heavy (non-hydrogen) atoms. The first-order chi connectivity index (χ1) is 12.3. The van der Waals surface area contributed by atoms with E-state index in [0.717, 1.165) is 29.7 Å². The predicted octanol–water partition coefficient (Wildman–Crippen LogP) is 3.27. The molecular formula is C18H18F3N3O2. The van der Waals surface area contributed by atoms with Crippen LogP contribution in [0.3, 0.4) is 0 Å². The van der Waals surface area contributed by atoms with E-state index in [1.807, 2.05) is 6.07 Å². The molecule has 8 heteroatoms. The number of carbonyl (C=O) groups excluding carboxylic acids is 1. The molecule has 1 aromatic carbocycles. The van der Waals surface area contributed by atoms with Crippen molar-refractivity contribution in [3.8, 4) is 0 Å². The van der Waals surface area contributed by atoms with Gasteiger partial charge in [0, 0.05) is 24.7 Å². The molecule has 0 spiro atoms. The van der Waals surface area contributed by atoms with Gasteiger partial charge in [-0.05, 0) is 42.2 Å². The maximum absolute atomic E-state index is 12.5. The summed E-state index contributed by atoms with van der Waals surface area (Å²) in [6.45, 7) is 0.0849. The summed E-state index contributed by atoms with van der Waals surface area (Å²) >= 11 is 0. The number of pyridine rings is 1. The van der Waals surface area contributed by atoms with E-state index in [1.54, 1.807) is 6.20 Å². The summed E-state index contributed by atoms with van der Waals surface area (Å²) in [6.07, 6.45) is -1.41.